The van der Waals surface area contributed by atoms with Crippen molar-refractivity contribution >= 4 is 18.5 Å². The molecule has 1 amide bonds. The minimum atomic E-state index is -0.501. The second kappa shape index (κ2) is 5.71. The number of thiol groups is 1. The van der Waals surface area contributed by atoms with Crippen LogP contribution in [-0.4, -0.2) is 36.6 Å². The van der Waals surface area contributed by atoms with Crippen molar-refractivity contribution in [2.75, 3.05) is 19.8 Å². The lowest BCUT2D eigenvalue weighted by Gasteiger charge is -2.35. The molecule has 2 rings (SSSR count). The second-order valence-electron chi connectivity index (χ2n) is 4.30. The molecular formula is C13H16FNO2S. The monoisotopic (exact) mass is 269 g/mol. The van der Waals surface area contributed by atoms with Crippen LogP contribution in [0.1, 0.15) is 23.7 Å². The molecule has 3 nitrogen and oxygen atoms in total. The third-order valence-electron chi connectivity index (χ3n) is 3.14. The van der Waals surface area contributed by atoms with Gasteiger partial charge in [0.1, 0.15) is 5.82 Å². The van der Waals surface area contributed by atoms with Gasteiger partial charge in [0, 0.05) is 11.4 Å². The number of benzene rings is 1. The van der Waals surface area contributed by atoms with Gasteiger partial charge in [-0.15, -0.1) is 12.6 Å². The fourth-order valence-electron chi connectivity index (χ4n) is 2.09. The smallest absolute Gasteiger partial charge is 0.257 e. The summed E-state index contributed by atoms with van der Waals surface area (Å²) < 4.78 is 19.0. The van der Waals surface area contributed by atoms with Gasteiger partial charge in [0.15, 0.2) is 0 Å². The SMILES string of the molecule is CCC1COCCN1C(=O)c1cc(S)ccc1F. The quantitative estimate of drug-likeness (QED) is 0.835. The summed E-state index contributed by atoms with van der Waals surface area (Å²) in [4.78, 5) is 14.6. The number of carbonyl (C=O) groups is 1. The summed E-state index contributed by atoms with van der Waals surface area (Å²) in [6, 6.07) is 4.31. The number of hydrogen-bond donors (Lipinski definition) is 1. The lowest BCUT2D eigenvalue weighted by atomic mass is 10.1. The van der Waals surface area contributed by atoms with Gasteiger partial charge >= 0.3 is 0 Å². The molecule has 0 spiro atoms. The number of rotatable bonds is 2. The maximum absolute atomic E-state index is 13.7. The highest BCUT2D eigenvalue weighted by atomic mass is 32.1. The van der Waals surface area contributed by atoms with Crippen LogP contribution in [-0.2, 0) is 4.74 Å². The number of carbonyl (C=O) groups excluding carboxylic acids is 1. The van der Waals surface area contributed by atoms with Crippen LogP contribution in [0.5, 0.6) is 0 Å². The maximum atomic E-state index is 13.7. The van der Waals surface area contributed by atoms with E-state index in [0.717, 1.165) is 6.42 Å². The summed E-state index contributed by atoms with van der Waals surface area (Å²) in [6.45, 7) is 3.52. The molecule has 1 fully saturated rings. The first kappa shape index (κ1) is 13.4. The van der Waals surface area contributed by atoms with Crippen LogP contribution in [0.15, 0.2) is 23.1 Å². The van der Waals surface area contributed by atoms with Crippen LogP contribution in [0.25, 0.3) is 0 Å². The van der Waals surface area contributed by atoms with E-state index in [1.165, 1.54) is 18.2 Å². The van der Waals surface area contributed by atoms with Crippen LogP contribution >= 0.6 is 12.6 Å². The van der Waals surface area contributed by atoms with Crippen LogP contribution in [0, 0.1) is 5.82 Å². The molecule has 1 aromatic carbocycles. The van der Waals surface area contributed by atoms with Crippen molar-refractivity contribution < 1.29 is 13.9 Å². The summed E-state index contributed by atoms with van der Waals surface area (Å²) >= 11 is 4.14. The standard InChI is InChI=1S/C13H16FNO2S/c1-2-9-8-17-6-5-15(9)13(16)11-7-10(18)3-4-12(11)14/h3-4,7,9,18H,2,5-6,8H2,1H3. The first-order valence-corrected chi connectivity index (χ1v) is 6.45. The largest absolute Gasteiger partial charge is 0.377 e. The zero-order chi connectivity index (χ0) is 13.1. The van der Waals surface area contributed by atoms with Gasteiger partial charge in [0.05, 0.1) is 24.8 Å². The van der Waals surface area contributed by atoms with Gasteiger partial charge in [-0.1, -0.05) is 6.92 Å². The summed E-state index contributed by atoms with van der Waals surface area (Å²) in [5.74, 6) is -0.780. The van der Waals surface area contributed by atoms with Crippen molar-refractivity contribution in [3.63, 3.8) is 0 Å². The Balaban J connectivity index is 2.26. The van der Waals surface area contributed by atoms with Gasteiger partial charge < -0.3 is 9.64 Å². The average molecular weight is 269 g/mol. The molecule has 1 atom stereocenters. The van der Waals surface area contributed by atoms with Gasteiger partial charge in [-0.3, -0.25) is 4.79 Å². The molecule has 18 heavy (non-hydrogen) atoms. The molecule has 0 N–H and O–H groups in total. The van der Waals surface area contributed by atoms with Gasteiger partial charge in [-0.05, 0) is 24.6 Å². The minimum Gasteiger partial charge on any atom is -0.377 e. The molecule has 5 heteroatoms. The zero-order valence-electron chi connectivity index (χ0n) is 10.2. The average Bonchev–Trinajstić information content (AvgIpc) is 2.40. The first-order chi connectivity index (χ1) is 8.63. The fourth-order valence-corrected chi connectivity index (χ4v) is 2.30. The van der Waals surface area contributed by atoms with Crippen LogP contribution in [0.2, 0.25) is 0 Å². The Kier molecular flexibility index (Phi) is 4.24. The van der Waals surface area contributed by atoms with Crippen molar-refractivity contribution in [2.45, 2.75) is 24.3 Å². The Bertz CT molecular complexity index is 453. The molecule has 0 aromatic heterocycles. The molecule has 0 aliphatic carbocycles. The highest BCUT2D eigenvalue weighted by Gasteiger charge is 2.28. The van der Waals surface area contributed by atoms with Crippen molar-refractivity contribution in [3.8, 4) is 0 Å². The molecule has 0 saturated carbocycles. The number of hydrogen-bond acceptors (Lipinski definition) is 3. The van der Waals surface area contributed by atoms with Crippen molar-refractivity contribution in [3.05, 3.63) is 29.6 Å². The Hall–Kier alpha value is -1.07. The topological polar surface area (TPSA) is 29.5 Å². The molecule has 98 valence electrons. The Morgan fingerprint density at radius 3 is 3.11 bits per heavy atom. The molecule has 0 bridgehead atoms. The van der Waals surface area contributed by atoms with E-state index in [9.17, 15) is 9.18 Å². The van der Waals surface area contributed by atoms with E-state index < -0.39 is 5.82 Å². The second-order valence-corrected chi connectivity index (χ2v) is 4.82. The van der Waals surface area contributed by atoms with E-state index in [0.29, 0.717) is 24.7 Å². The van der Waals surface area contributed by atoms with E-state index in [2.05, 4.69) is 12.6 Å². The Labute approximate surface area is 111 Å². The van der Waals surface area contributed by atoms with Gasteiger partial charge in [-0.25, -0.2) is 4.39 Å². The molecule has 1 unspecified atom stereocenters. The van der Waals surface area contributed by atoms with Crippen molar-refractivity contribution in [2.24, 2.45) is 0 Å². The van der Waals surface area contributed by atoms with Crippen molar-refractivity contribution in [1.82, 2.24) is 4.90 Å². The number of morpholine rings is 1. The molecular weight excluding hydrogens is 253 g/mol. The summed E-state index contributed by atoms with van der Waals surface area (Å²) in [5, 5.41) is 0. The van der Waals surface area contributed by atoms with Gasteiger partial charge in [0.2, 0.25) is 0 Å². The highest BCUT2D eigenvalue weighted by molar-refractivity contribution is 7.80. The molecule has 1 aromatic rings. The fraction of sp³-hybridized carbons (Fsp3) is 0.462. The minimum absolute atomic E-state index is 0.0224. The first-order valence-electron chi connectivity index (χ1n) is 6.00. The number of ether oxygens (including phenoxy) is 1. The molecule has 1 aliphatic rings. The number of nitrogens with zero attached hydrogens (tertiary/aromatic N) is 1. The van der Waals surface area contributed by atoms with E-state index >= 15 is 0 Å². The van der Waals surface area contributed by atoms with Crippen LogP contribution in [0.3, 0.4) is 0 Å². The summed E-state index contributed by atoms with van der Waals surface area (Å²) in [7, 11) is 0. The number of halogens is 1. The Morgan fingerprint density at radius 2 is 2.39 bits per heavy atom. The van der Waals surface area contributed by atoms with Gasteiger partial charge in [-0.2, -0.15) is 0 Å². The molecule has 1 heterocycles. The van der Waals surface area contributed by atoms with E-state index in [-0.39, 0.29) is 17.5 Å². The lowest BCUT2D eigenvalue weighted by molar-refractivity contribution is -0.00304. The molecule has 1 saturated heterocycles. The van der Waals surface area contributed by atoms with Crippen molar-refractivity contribution in [1.29, 1.82) is 0 Å². The molecule has 0 radical (unpaired) electrons. The number of amides is 1. The third-order valence-corrected chi connectivity index (χ3v) is 3.42. The Morgan fingerprint density at radius 1 is 1.61 bits per heavy atom. The predicted molar refractivity (Wildman–Crippen MR) is 69.6 cm³/mol. The van der Waals surface area contributed by atoms with Crippen LogP contribution < -0.4 is 0 Å². The summed E-state index contributed by atoms with van der Waals surface area (Å²) in [5.41, 5.74) is 0.0860. The zero-order valence-corrected chi connectivity index (χ0v) is 11.1. The van der Waals surface area contributed by atoms with E-state index in [1.54, 1.807) is 4.90 Å². The summed E-state index contributed by atoms with van der Waals surface area (Å²) in [6.07, 6.45) is 0.800. The highest BCUT2D eigenvalue weighted by Crippen LogP contribution is 2.19. The van der Waals surface area contributed by atoms with Gasteiger partial charge in [0.25, 0.3) is 5.91 Å². The van der Waals surface area contributed by atoms with E-state index in [4.69, 9.17) is 4.74 Å². The molecule has 1 aliphatic heterocycles. The lowest BCUT2D eigenvalue weighted by Crippen LogP contribution is -2.48. The van der Waals surface area contributed by atoms with E-state index in [1.807, 2.05) is 6.92 Å². The third kappa shape index (κ3) is 2.67. The normalized spacial score (nSPS) is 19.9. The maximum Gasteiger partial charge on any atom is 0.257 e. The predicted octanol–water partition coefficient (Wildman–Crippen LogP) is 2.37. The van der Waals surface area contributed by atoms with Crippen LogP contribution in [0.4, 0.5) is 4.39 Å².